The molecule has 1 unspecified atom stereocenters. The topological polar surface area (TPSA) is 99.8 Å². The Bertz CT molecular complexity index is 695. The summed E-state index contributed by atoms with van der Waals surface area (Å²) in [5, 5.41) is 6.50. The number of methoxy groups -OCH3 is 1. The van der Waals surface area contributed by atoms with Crippen molar-refractivity contribution in [2.45, 2.75) is 32.2 Å². The zero-order valence-electron chi connectivity index (χ0n) is 12.8. The molecule has 1 atom stereocenters. The van der Waals surface area contributed by atoms with Crippen LogP contribution in [0.3, 0.4) is 0 Å². The Morgan fingerprint density at radius 2 is 2.36 bits per heavy atom. The molecule has 0 spiro atoms. The molecule has 2 aromatic heterocycles. The van der Waals surface area contributed by atoms with Crippen molar-refractivity contribution in [1.29, 1.82) is 0 Å². The van der Waals surface area contributed by atoms with Crippen LogP contribution in [0.4, 0.5) is 0 Å². The summed E-state index contributed by atoms with van der Waals surface area (Å²) in [6, 6.07) is 0.395. The molecule has 0 aromatic carbocycles. The number of hydrogen-bond donors (Lipinski definition) is 2. The molecule has 0 aliphatic carbocycles. The highest BCUT2D eigenvalue weighted by Gasteiger charge is 2.24. The summed E-state index contributed by atoms with van der Waals surface area (Å²) in [6.45, 7) is 4.65. The first-order valence-electron chi connectivity index (χ1n) is 7.39. The molecule has 0 radical (unpaired) electrons. The van der Waals surface area contributed by atoms with Crippen LogP contribution < -0.4 is 10.4 Å². The molecule has 1 aliphatic heterocycles. The summed E-state index contributed by atoms with van der Waals surface area (Å²) in [5.41, 5.74) is 1.78. The lowest BCUT2D eigenvalue weighted by Gasteiger charge is -2.31. The van der Waals surface area contributed by atoms with Gasteiger partial charge in [-0.15, -0.1) is 0 Å². The molecule has 2 aromatic rings. The lowest BCUT2D eigenvalue weighted by molar-refractivity contribution is 0.195. The van der Waals surface area contributed by atoms with Crippen molar-refractivity contribution in [1.82, 2.24) is 30.0 Å². The van der Waals surface area contributed by atoms with Crippen LogP contribution in [-0.4, -0.2) is 50.2 Å². The van der Waals surface area contributed by atoms with Gasteiger partial charge < -0.3 is 4.74 Å². The van der Waals surface area contributed by atoms with E-state index in [1.165, 1.54) is 0 Å². The highest BCUT2D eigenvalue weighted by Crippen LogP contribution is 2.25. The predicted octanol–water partition coefficient (Wildman–Crippen LogP) is 0.585. The molecule has 22 heavy (non-hydrogen) atoms. The van der Waals surface area contributed by atoms with E-state index >= 15 is 0 Å². The fourth-order valence-corrected chi connectivity index (χ4v) is 2.86. The number of piperidine rings is 1. The van der Waals surface area contributed by atoms with Gasteiger partial charge in [0.15, 0.2) is 0 Å². The highest BCUT2D eigenvalue weighted by atomic mass is 16.5. The number of aryl methyl sites for hydroxylation is 1. The van der Waals surface area contributed by atoms with Gasteiger partial charge in [0.05, 0.1) is 7.11 Å². The van der Waals surface area contributed by atoms with E-state index in [1.54, 1.807) is 7.11 Å². The summed E-state index contributed by atoms with van der Waals surface area (Å²) in [5.74, 6) is 1.00. The van der Waals surface area contributed by atoms with Gasteiger partial charge in [-0.05, 0) is 26.3 Å². The van der Waals surface area contributed by atoms with Crippen molar-refractivity contribution in [3.63, 3.8) is 0 Å². The van der Waals surface area contributed by atoms with Gasteiger partial charge in [-0.3, -0.25) is 9.88 Å². The Morgan fingerprint density at radius 1 is 1.50 bits per heavy atom. The third kappa shape index (κ3) is 3.16. The number of H-pyrrole nitrogens is 2. The molecule has 3 heterocycles. The molecule has 0 saturated carbocycles. The fraction of sp³-hybridized carbons (Fsp3) is 0.571. The molecule has 118 valence electrons. The Labute approximate surface area is 127 Å². The molecule has 1 saturated heterocycles. The minimum atomic E-state index is -0.244. The molecule has 3 rings (SSSR count). The molecule has 0 bridgehead atoms. The second-order valence-corrected chi connectivity index (χ2v) is 5.60. The van der Waals surface area contributed by atoms with E-state index in [1.807, 2.05) is 13.1 Å². The van der Waals surface area contributed by atoms with Crippen molar-refractivity contribution in [3.05, 3.63) is 33.8 Å². The van der Waals surface area contributed by atoms with Gasteiger partial charge >= 0.3 is 11.7 Å². The first-order valence-corrected chi connectivity index (χ1v) is 7.39. The number of nitrogens with zero attached hydrogens (tertiary/aromatic N) is 4. The third-order valence-electron chi connectivity index (χ3n) is 4.05. The minimum Gasteiger partial charge on any atom is -0.467 e. The average Bonchev–Trinajstić information content (AvgIpc) is 2.96. The predicted molar refractivity (Wildman–Crippen MR) is 79.8 cm³/mol. The van der Waals surface area contributed by atoms with Crippen LogP contribution in [0.15, 0.2) is 11.0 Å². The molecule has 8 nitrogen and oxygen atoms in total. The van der Waals surface area contributed by atoms with Gasteiger partial charge in [0.2, 0.25) is 0 Å². The van der Waals surface area contributed by atoms with E-state index in [0.717, 1.165) is 49.6 Å². The van der Waals surface area contributed by atoms with E-state index in [0.29, 0.717) is 6.01 Å². The van der Waals surface area contributed by atoms with Crippen LogP contribution >= 0.6 is 0 Å². The van der Waals surface area contributed by atoms with Crippen LogP contribution in [-0.2, 0) is 6.54 Å². The SMILES string of the molecule is COc1ncc(CN2CCCC(c3n[nH]c(=O)[nH]3)C2)c(C)n1. The van der Waals surface area contributed by atoms with E-state index in [-0.39, 0.29) is 11.6 Å². The molecule has 1 aliphatic rings. The maximum Gasteiger partial charge on any atom is 0.340 e. The Kier molecular flexibility index (Phi) is 4.19. The van der Waals surface area contributed by atoms with Crippen molar-refractivity contribution in [2.75, 3.05) is 20.2 Å². The van der Waals surface area contributed by atoms with Gasteiger partial charge in [0.25, 0.3) is 0 Å². The minimum absolute atomic E-state index is 0.244. The van der Waals surface area contributed by atoms with Crippen LogP contribution in [0.1, 0.15) is 35.8 Å². The van der Waals surface area contributed by atoms with Gasteiger partial charge in [-0.1, -0.05) is 0 Å². The van der Waals surface area contributed by atoms with Gasteiger partial charge in [-0.2, -0.15) is 5.10 Å². The van der Waals surface area contributed by atoms with Crippen molar-refractivity contribution < 1.29 is 4.74 Å². The number of aromatic nitrogens is 5. The molecular formula is C14H20N6O2. The number of hydrogen-bond acceptors (Lipinski definition) is 6. The maximum atomic E-state index is 11.2. The van der Waals surface area contributed by atoms with E-state index < -0.39 is 0 Å². The molecular weight excluding hydrogens is 284 g/mol. The number of rotatable bonds is 4. The number of aromatic amines is 2. The Morgan fingerprint density at radius 3 is 3.05 bits per heavy atom. The largest absolute Gasteiger partial charge is 0.467 e. The van der Waals surface area contributed by atoms with Crippen molar-refractivity contribution >= 4 is 0 Å². The third-order valence-corrected chi connectivity index (χ3v) is 4.05. The monoisotopic (exact) mass is 304 g/mol. The van der Waals surface area contributed by atoms with Crippen LogP contribution in [0.5, 0.6) is 6.01 Å². The summed E-state index contributed by atoms with van der Waals surface area (Å²) >= 11 is 0. The van der Waals surface area contributed by atoms with E-state index in [2.05, 4.69) is 30.0 Å². The molecule has 2 N–H and O–H groups in total. The Balaban J connectivity index is 1.69. The van der Waals surface area contributed by atoms with Gasteiger partial charge in [0, 0.05) is 36.5 Å². The highest BCUT2D eigenvalue weighted by molar-refractivity contribution is 5.18. The van der Waals surface area contributed by atoms with Crippen LogP contribution in [0, 0.1) is 6.92 Å². The van der Waals surface area contributed by atoms with E-state index in [4.69, 9.17) is 4.74 Å². The van der Waals surface area contributed by atoms with Crippen LogP contribution in [0.2, 0.25) is 0 Å². The summed E-state index contributed by atoms with van der Waals surface area (Å²) in [4.78, 5) is 24.8. The van der Waals surface area contributed by atoms with Crippen molar-refractivity contribution in [3.8, 4) is 6.01 Å². The zero-order valence-corrected chi connectivity index (χ0v) is 12.8. The zero-order chi connectivity index (χ0) is 15.5. The van der Waals surface area contributed by atoms with Crippen LogP contribution in [0.25, 0.3) is 0 Å². The fourth-order valence-electron chi connectivity index (χ4n) is 2.86. The lowest BCUT2D eigenvalue weighted by Crippen LogP contribution is -2.34. The van der Waals surface area contributed by atoms with Gasteiger partial charge in [0.1, 0.15) is 5.82 Å². The first-order chi connectivity index (χ1) is 10.7. The smallest absolute Gasteiger partial charge is 0.340 e. The maximum absolute atomic E-state index is 11.2. The Hall–Kier alpha value is -2.22. The van der Waals surface area contributed by atoms with Gasteiger partial charge in [-0.25, -0.2) is 19.9 Å². The molecule has 0 amide bonds. The number of likely N-dealkylation sites (tertiary alicyclic amines) is 1. The first kappa shape index (κ1) is 14.7. The number of nitrogens with one attached hydrogen (secondary N) is 2. The van der Waals surface area contributed by atoms with E-state index in [9.17, 15) is 4.79 Å². The standard InChI is InChI=1S/C14H20N6O2/c1-9-11(6-15-14(16-9)22-2)8-20-5-3-4-10(7-20)12-17-13(21)19-18-12/h6,10H,3-5,7-8H2,1-2H3,(H2,17,18,19,21). The normalized spacial score (nSPS) is 19.3. The number of ether oxygens (including phenoxy) is 1. The second kappa shape index (κ2) is 6.27. The van der Waals surface area contributed by atoms with Crippen molar-refractivity contribution in [2.24, 2.45) is 0 Å². The summed E-state index contributed by atoms with van der Waals surface area (Å²) < 4.78 is 5.04. The molecule has 1 fully saturated rings. The lowest BCUT2D eigenvalue weighted by atomic mass is 9.97. The second-order valence-electron chi connectivity index (χ2n) is 5.60. The quantitative estimate of drug-likeness (QED) is 0.857. The molecule has 8 heteroatoms. The summed E-state index contributed by atoms with van der Waals surface area (Å²) in [7, 11) is 1.56. The summed E-state index contributed by atoms with van der Waals surface area (Å²) in [6.07, 6.45) is 3.94. The average molecular weight is 304 g/mol.